The molecule has 0 bridgehead atoms. The lowest BCUT2D eigenvalue weighted by Crippen LogP contribution is -2.43. The number of carbonyl (C=O) groups is 3. The van der Waals surface area contributed by atoms with Gasteiger partial charge in [-0.1, -0.05) is 0 Å². The Kier molecular flexibility index (Phi) is 5.71. The van der Waals surface area contributed by atoms with Gasteiger partial charge in [-0.3, -0.25) is 19.5 Å². The van der Waals surface area contributed by atoms with Gasteiger partial charge in [0, 0.05) is 22.8 Å². The van der Waals surface area contributed by atoms with Crippen molar-refractivity contribution < 1.29 is 23.9 Å². The van der Waals surface area contributed by atoms with Gasteiger partial charge in [-0.15, -0.1) is 11.3 Å². The van der Waals surface area contributed by atoms with Gasteiger partial charge in [0.05, 0.1) is 24.6 Å². The minimum atomic E-state index is -0.534. The highest BCUT2D eigenvalue weighted by molar-refractivity contribution is 7.13. The molecular formula is C20H22N4O5S. The summed E-state index contributed by atoms with van der Waals surface area (Å²) >= 11 is 1.37. The molecule has 0 radical (unpaired) electrons. The van der Waals surface area contributed by atoms with Crippen LogP contribution < -0.4 is 15.6 Å². The van der Waals surface area contributed by atoms with Crippen molar-refractivity contribution in [3.63, 3.8) is 0 Å². The highest BCUT2D eigenvalue weighted by Gasteiger charge is 2.34. The first kappa shape index (κ1) is 20.3. The molecule has 2 saturated heterocycles. The topological polar surface area (TPSA) is 105 Å². The number of amides is 3. The minimum absolute atomic E-state index is 0.0707. The Labute approximate surface area is 177 Å². The Hall–Kier alpha value is -2.95. The smallest absolute Gasteiger partial charge is 0.414 e. The monoisotopic (exact) mass is 430 g/mol. The maximum atomic E-state index is 12.4. The quantitative estimate of drug-likeness (QED) is 0.440. The molecule has 0 spiro atoms. The number of thiophene rings is 1. The van der Waals surface area contributed by atoms with Gasteiger partial charge in [-0.2, -0.15) is 0 Å². The lowest BCUT2D eigenvalue weighted by atomic mass is 10.2. The van der Waals surface area contributed by atoms with Gasteiger partial charge in [0.15, 0.2) is 0 Å². The molecule has 1 atom stereocenters. The van der Waals surface area contributed by atoms with E-state index in [1.54, 1.807) is 35.2 Å². The SMILES string of the molecule is Cc1ccc(C(=O)N(N)C[C@H]2CN(c3ccc(N4CCOCC4=O)cc3)C(=O)O2)s1. The Morgan fingerprint density at radius 2 is 1.87 bits per heavy atom. The van der Waals surface area contributed by atoms with Crippen LogP contribution in [0.4, 0.5) is 16.2 Å². The summed E-state index contributed by atoms with van der Waals surface area (Å²) in [5.74, 6) is 5.52. The standard InChI is InChI=1S/C20H22N4O5S/c1-13-2-7-17(30-13)19(26)24(21)11-16-10-23(20(27)29-16)15-5-3-14(4-6-15)22-8-9-28-12-18(22)25/h2-7,16H,8-12,21H2,1H3/t16-/m1/s1. The second kappa shape index (κ2) is 8.42. The molecule has 2 aromatic rings. The third-order valence-electron chi connectivity index (χ3n) is 4.95. The molecule has 10 heteroatoms. The summed E-state index contributed by atoms with van der Waals surface area (Å²) in [7, 11) is 0. The number of carbonyl (C=O) groups excluding carboxylic acids is 3. The first-order valence-electron chi connectivity index (χ1n) is 9.51. The highest BCUT2D eigenvalue weighted by atomic mass is 32.1. The maximum absolute atomic E-state index is 12.4. The summed E-state index contributed by atoms with van der Waals surface area (Å²) < 4.78 is 10.5. The molecule has 3 amide bonds. The number of anilines is 2. The Balaban J connectivity index is 1.38. The van der Waals surface area contributed by atoms with Crippen molar-refractivity contribution in [3.8, 4) is 0 Å². The van der Waals surface area contributed by atoms with E-state index in [1.165, 1.54) is 16.2 Å². The van der Waals surface area contributed by atoms with Crippen molar-refractivity contribution in [3.05, 3.63) is 46.2 Å². The van der Waals surface area contributed by atoms with Gasteiger partial charge < -0.3 is 14.4 Å². The molecule has 4 rings (SSSR count). The predicted molar refractivity (Wildman–Crippen MR) is 112 cm³/mol. The van der Waals surface area contributed by atoms with E-state index in [0.29, 0.717) is 23.7 Å². The van der Waals surface area contributed by atoms with Crippen LogP contribution in [0.2, 0.25) is 0 Å². The fourth-order valence-corrected chi connectivity index (χ4v) is 4.25. The van der Waals surface area contributed by atoms with Crippen molar-refractivity contribution in [2.45, 2.75) is 13.0 Å². The molecule has 0 aliphatic carbocycles. The van der Waals surface area contributed by atoms with Crippen molar-refractivity contribution in [2.75, 3.05) is 42.6 Å². The Morgan fingerprint density at radius 1 is 1.17 bits per heavy atom. The molecule has 2 aliphatic heterocycles. The van der Waals surface area contributed by atoms with Crippen LogP contribution in [0.25, 0.3) is 0 Å². The average molecular weight is 430 g/mol. The normalized spacial score (nSPS) is 19.2. The number of nitrogens with two attached hydrogens (primary N) is 1. The number of benzene rings is 1. The Bertz CT molecular complexity index is 960. The first-order chi connectivity index (χ1) is 14.4. The lowest BCUT2D eigenvalue weighted by Gasteiger charge is -2.27. The molecule has 158 valence electrons. The molecule has 30 heavy (non-hydrogen) atoms. The largest absolute Gasteiger partial charge is 0.442 e. The van der Waals surface area contributed by atoms with E-state index >= 15 is 0 Å². The zero-order chi connectivity index (χ0) is 21.3. The number of morpholine rings is 1. The second-order valence-corrected chi connectivity index (χ2v) is 8.39. The van der Waals surface area contributed by atoms with Gasteiger partial charge in [-0.05, 0) is 43.3 Å². The first-order valence-corrected chi connectivity index (χ1v) is 10.3. The van der Waals surface area contributed by atoms with Gasteiger partial charge in [-0.25, -0.2) is 10.6 Å². The van der Waals surface area contributed by atoms with Gasteiger partial charge >= 0.3 is 6.09 Å². The number of aryl methyl sites for hydroxylation is 1. The van der Waals surface area contributed by atoms with E-state index in [-0.39, 0.29) is 31.5 Å². The summed E-state index contributed by atoms with van der Waals surface area (Å²) in [5, 5.41) is 1.08. The van der Waals surface area contributed by atoms with Crippen LogP contribution in [-0.2, 0) is 14.3 Å². The van der Waals surface area contributed by atoms with Crippen LogP contribution in [0.3, 0.4) is 0 Å². The van der Waals surface area contributed by atoms with Crippen LogP contribution in [0.15, 0.2) is 36.4 Å². The number of ether oxygens (including phenoxy) is 2. The van der Waals surface area contributed by atoms with Crippen molar-refractivity contribution >= 4 is 40.6 Å². The van der Waals surface area contributed by atoms with Crippen LogP contribution in [0.5, 0.6) is 0 Å². The maximum Gasteiger partial charge on any atom is 0.414 e. The molecule has 0 unspecified atom stereocenters. The molecule has 2 N–H and O–H groups in total. The van der Waals surface area contributed by atoms with Gasteiger partial charge in [0.1, 0.15) is 12.7 Å². The number of hydrazine groups is 1. The third kappa shape index (κ3) is 4.16. The summed E-state index contributed by atoms with van der Waals surface area (Å²) in [4.78, 5) is 41.4. The van der Waals surface area contributed by atoms with Crippen LogP contribution in [0, 0.1) is 6.92 Å². The van der Waals surface area contributed by atoms with E-state index < -0.39 is 12.2 Å². The zero-order valence-electron chi connectivity index (χ0n) is 16.4. The molecule has 2 fully saturated rings. The van der Waals surface area contributed by atoms with Crippen molar-refractivity contribution in [1.29, 1.82) is 0 Å². The van der Waals surface area contributed by atoms with E-state index in [4.69, 9.17) is 15.3 Å². The van der Waals surface area contributed by atoms with Crippen molar-refractivity contribution in [1.82, 2.24) is 5.01 Å². The summed E-state index contributed by atoms with van der Waals surface area (Å²) in [5.41, 5.74) is 1.40. The summed E-state index contributed by atoms with van der Waals surface area (Å²) in [6, 6.07) is 10.7. The summed E-state index contributed by atoms with van der Waals surface area (Å²) in [6.45, 7) is 3.35. The van der Waals surface area contributed by atoms with E-state index in [0.717, 1.165) is 15.6 Å². The van der Waals surface area contributed by atoms with Crippen LogP contribution in [0.1, 0.15) is 14.5 Å². The molecule has 9 nitrogen and oxygen atoms in total. The molecule has 3 heterocycles. The van der Waals surface area contributed by atoms with Crippen LogP contribution in [-0.4, -0.2) is 61.9 Å². The van der Waals surface area contributed by atoms with Crippen molar-refractivity contribution in [2.24, 2.45) is 5.84 Å². The highest BCUT2D eigenvalue weighted by Crippen LogP contribution is 2.26. The van der Waals surface area contributed by atoms with E-state index in [9.17, 15) is 14.4 Å². The fourth-order valence-electron chi connectivity index (χ4n) is 3.42. The van der Waals surface area contributed by atoms with Crippen LogP contribution >= 0.6 is 11.3 Å². The molecule has 2 aliphatic rings. The van der Waals surface area contributed by atoms with E-state index in [1.807, 2.05) is 13.0 Å². The Morgan fingerprint density at radius 3 is 2.50 bits per heavy atom. The lowest BCUT2D eigenvalue weighted by molar-refractivity contribution is -0.125. The van der Waals surface area contributed by atoms with Gasteiger partial charge in [0.2, 0.25) is 0 Å². The molecule has 1 aromatic carbocycles. The second-order valence-electron chi connectivity index (χ2n) is 7.10. The minimum Gasteiger partial charge on any atom is -0.442 e. The average Bonchev–Trinajstić information content (AvgIpc) is 3.33. The van der Waals surface area contributed by atoms with E-state index in [2.05, 4.69) is 0 Å². The number of hydrogen-bond donors (Lipinski definition) is 1. The fraction of sp³-hybridized carbons (Fsp3) is 0.350. The number of cyclic esters (lactones) is 1. The summed E-state index contributed by atoms with van der Waals surface area (Å²) in [6.07, 6.45) is -1.03. The number of hydrogen-bond acceptors (Lipinski definition) is 7. The number of nitrogens with zero attached hydrogens (tertiary/aromatic N) is 3. The number of rotatable bonds is 5. The predicted octanol–water partition coefficient (Wildman–Crippen LogP) is 1.76. The third-order valence-corrected chi connectivity index (χ3v) is 5.93. The zero-order valence-corrected chi connectivity index (χ0v) is 17.3. The van der Waals surface area contributed by atoms with Gasteiger partial charge in [0.25, 0.3) is 11.8 Å². The molecule has 1 aromatic heterocycles. The molecular weight excluding hydrogens is 408 g/mol. The molecule has 0 saturated carbocycles.